The van der Waals surface area contributed by atoms with Crippen molar-refractivity contribution < 1.29 is 0 Å². The minimum absolute atomic E-state index is 0. The Hall–Kier alpha value is 0. The summed E-state index contributed by atoms with van der Waals surface area (Å²) in [5.41, 5.74) is 6.30. The maximum atomic E-state index is 5.88. The SMILES string of the molecule is CC1(CN=C(N)NCC2CCC2)CCCC1.I. The first-order valence-electron chi connectivity index (χ1n) is 6.72. The zero-order valence-electron chi connectivity index (χ0n) is 10.9. The van der Waals surface area contributed by atoms with Crippen LogP contribution in [0.4, 0.5) is 0 Å². The molecule has 2 saturated carbocycles. The van der Waals surface area contributed by atoms with Crippen LogP contribution in [-0.4, -0.2) is 19.0 Å². The van der Waals surface area contributed by atoms with Crippen LogP contribution in [0.1, 0.15) is 51.9 Å². The second kappa shape index (κ2) is 6.81. The van der Waals surface area contributed by atoms with Gasteiger partial charge in [0.25, 0.3) is 0 Å². The number of nitrogens with zero attached hydrogens (tertiary/aromatic N) is 1. The predicted molar refractivity (Wildman–Crippen MR) is 83.8 cm³/mol. The van der Waals surface area contributed by atoms with Gasteiger partial charge in [-0.1, -0.05) is 26.2 Å². The molecule has 0 amide bonds. The molecule has 2 fully saturated rings. The van der Waals surface area contributed by atoms with Crippen molar-refractivity contribution in [3.05, 3.63) is 0 Å². The smallest absolute Gasteiger partial charge is 0.188 e. The molecule has 0 heterocycles. The van der Waals surface area contributed by atoms with Gasteiger partial charge in [-0.05, 0) is 37.0 Å². The van der Waals surface area contributed by atoms with Crippen molar-refractivity contribution in [2.24, 2.45) is 22.1 Å². The number of rotatable bonds is 4. The molecule has 0 aliphatic heterocycles. The zero-order chi connectivity index (χ0) is 11.4. The summed E-state index contributed by atoms with van der Waals surface area (Å²) < 4.78 is 0. The zero-order valence-corrected chi connectivity index (χ0v) is 13.2. The first-order chi connectivity index (χ1) is 7.68. The van der Waals surface area contributed by atoms with Crippen LogP contribution >= 0.6 is 24.0 Å². The first-order valence-corrected chi connectivity index (χ1v) is 6.72. The predicted octanol–water partition coefficient (Wildman–Crippen LogP) is 2.89. The monoisotopic (exact) mass is 351 g/mol. The average Bonchev–Trinajstić information content (AvgIpc) is 2.61. The largest absolute Gasteiger partial charge is 0.370 e. The lowest BCUT2D eigenvalue weighted by Crippen LogP contribution is -2.38. The molecule has 0 aromatic rings. The molecule has 0 aromatic heterocycles. The summed E-state index contributed by atoms with van der Waals surface area (Å²) in [6.07, 6.45) is 9.46. The van der Waals surface area contributed by atoms with E-state index in [1.54, 1.807) is 0 Å². The van der Waals surface area contributed by atoms with E-state index in [1.165, 1.54) is 44.9 Å². The number of aliphatic imine (C=N–C) groups is 1. The Morgan fingerprint density at radius 2 is 1.94 bits per heavy atom. The second-order valence-corrected chi connectivity index (χ2v) is 5.90. The third-order valence-corrected chi connectivity index (χ3v) is 4.24. The Balaban J connectivity index is 0.00000144. The van der Waals surface area contributed by atoms with Gasteiger partial charge in [0.15, 0.2) is 5.96 Å². The van der Waals surface area contributed by atoms with Gasteiger partial charge in [0.1, 0.15) is 0 Å². The molecule has 3 nitrogen and oxygen atoms in total. The summed E-state index contributed by atoms with van der Waals surface area (Å²) in [4.78, 5) is 4.49. The van der Waals surface area contributed by atoms with Crippen LogP contribution in [0, 0.1) is 11.3 Å². The van der Waals surface area contributed by atoms with E-state index in [2.05, 4.69) is 17.2 Å². The Kier molecular flexibility index (Phi) is 6.03. The molecule has 0 atom stereocenters. The fourth-order valence-electron chi connectivity index (χ4n) is 2.66. The molecule has 0 unspecified atom stereocenters. The van der Waals surface area contributed by atoms with E-state index in [-0.39, 0.29) is 24.0 Å². The van der Waals surface area contributed by atoms with Crippen molar-refractivity contribution in [2.45, 2.75) is 51.9 Å². The van der Waals surface area contributed by atoms with Crippen molar-refractivity contribution in [1.29, 1.82) is 0 Å². The number of halogens is 1. The van der Waals surface area contributed by atoms with Crippen LogP contribution in [0.25, 0.3) is 0 Å². The fraction of sp³-hybridized carbons (Fsp3) is 0.923. The lowest BCUT2D eigenvalue weighted by molar-refractivity contribution is 0.314. The Morgan fingerprint density at radius 1 is 1.29 bits per heavy atom. The fourth-order valence-corrected chi connectivity index (χ4v) is 2.66. The molecule has 4 heteroatoms. The molecule has 0 radical (unpaired) electrons. The highest BCUT2D eigenvalue weighted by Crippen LogP contribution is 2.37. The standard InChI is InChI=1S/C13H25N3.HI/c1-13(7-2-3-8-13)10-16-12(14)15-9-11-5-4-6-11;/h11H,2-10H2,1H3,(H3,14,15,16);1H. The van der Waals surface area contributed by atoms with Gasteiger partial charge in [-0.25, -0.2) is 0 Å². The van der Waals surface area contributed by atoms with Crippen molar-refractivity contribution in [2.75, 3.05) is 13.1 Å². The quantitative estimate of drug-likeness (QED) is 0.465. The molecular formula is C13H26IN3. The second-order valence-electron chi connectivity index (χ2n) is 5.90. The summed E-state index contributed by atoms with van der Waals surface area (Å²) in [6, 6.07) is 0. The molecule has 0 spiro atoms. The minimum atomic E-state index is 0. The van der Waals surface area contributed by atoms with Gasteiger partial charge < -0.3 is 11.1 Å². The molecular weight excluding hydrogens is 325 g/mol. The van der Waals surface area contributed by atoms with E-state index in [9.17, 15) is 0 Å². The molecule has 0 saturated heterocycles. The van der Waals surface area contributed by atoms with E-state index in [0.717, 1.165) is 19.0 Å². The third-order valence-electron chi connectivity index (χ3n) is 4.24. The average molecular weight is 351 g/mol. The van der Waals surface area contributed by atoms with Gasteiger partial charge in [0.05, 0.1) is 0 Å². The molecule has 2 aliphatic rings. The number of hydrogen-bond donors (Lipinski definition) is 2. The lowest BCUT2D eigenvalue weighted by Gasteiger charge is -2.26. The van der Waals surface area contributed by atoms with Crippen molar-refractivity contribution in [3.63, 3.8) is 0 Å². The topological polar surface area (TPSA) is 50.4 Å². The Morgan fingerprint density at radius 3 is 2.47 bits per heavy atom. The molecule has 3 N–H and O–H groups in total. The van der Waals surface area contributed by atoms with Gasteiger partial charge in [0, 0.05) is 13.1 Å². The van der Waals surface area contributed by atoms with Crippen molar-refractivity contribution in [3.8, 4) is 0 Å². The molecule has 17 heavy (non-hydrogen) atoms. The number of hydrogen-bond acceptors (Lipinski definition) is 1. The molecule has 0 aromatic carbocycles. The maximum Gasteiger partial charge on any atom is 0.188 e. The number of nitrogens with two attached hydrogens (primary N) is 1. The van der Waals surface area contributed by atoms with Gasteiger partial charge in [0.2, 0.25) is 0 Å². The molecule has 100 valence electrons. The Bertz CT molecular complexity index is 255. The summed E-state index contributed by atoms with van der Waals surface area (Å²) in [5.74, 6) is 1.50. The third kappa shape index (κ3) is 4.64. The highest BCUT2D eigenvalue weighted by Gasteiger charge is 2.28. The summed E-state index contributed by atoms with van der Waals surface area (Å²) in [7, 11) is 0. The van der Waals surface area contributed by atoms with Crippen LogP contribution < -0.4 is 11.1 Å². The maximum absolute atomic E-state index is 5.88. The van der Waals surface area contributed by atoms with Crippen molar-refractivity contribution in [1.82, 2.24) is 5.32 Å². The number of guanidine groups is 1. The highest BCUT2D eigenvalue weighted by molar-refractivity contribution is 14.0. The first kappa shape index (κ1) is 15.1. The van der Waals surface area contributed by atoms with Crippen LogP contribution in [-0.2, 0) is 0 Å². The number of nitrogens with one attached hydrogen (secondary N) is 1. The van der Waals surface area contributed by atoms with E-state index in [4.69, 9.17) is 5.73 Å². The lowest BCUT2D eigenvalue weighted by atomic mass is 9.85. The molecule has 2 rings (SSSR count). The van der Waals surface area contributed by atoms with E-state index in [0.29, 0.717) is 11.4 Å². The van der Waals surface area contributed by atoms with E-state index in [1.807, 2.05) is 0 Å². The highest BCUT2D eigenvalue weighted by atomic mass is 127. The van der Waals surface area contributed by atoms with Crippen molar-refractivity contribution >= 4 is 29.9 Å². The Labute approximate surface area is 122 Å². The van der Waals surface area contributed by atoms with E-state index >= 15 is 0 Å². The van der Waals surface area contributed by atoms with Gasteiger partial charge in [-0.2, -0.15) is 0 Å². The summed E-state index contributed by atoms with van der Waals surface area (Å²) >= 11 is 0. The molecule has 0 bridgehead atoms. The van der Waals surface area contributed by atoms with Gasteiger partial charge >= 0.3 is 0 Å². The normalized spacial score (nSPS) is 23.9. The van der Waals surface area contributed by atoms with Crippen LogP contribution in [0.15, 0.2) is 4.99 Å². The minimum Gasteiger partial charge on any atom is -0.370 e. The van der Waals surface area contributed by atoms with Gasteiger partial charge in [-0.15, -0.1) is 24.0 Å². The van der Waals surface area contributed by atoms with E-state index < -0.39 is 0 Å². The van der Waals surface area contributed by atoms with Crippen LogP contribution in [0.5, 0.6) is 0 Å². The van der Waals surface area contributed by atoms with Crippen LogP contribution in [0.3, 0.4) is 0 Å². The van der Waals surface area contributed by atoms with Gasteiger partial charge in [-0.3, -0.25) is 4.99 Å². The summed E-state index contributed by atoms with van der Waals surface area (Å²) in [5, 5.41) is 3.25. The van der Waals surface area contributed by atoms with Crippen LogP contribution in [0.2, 0.25) is 0 Å². The summed E-state index contributed by atoms with van der Waals surface area (Å²) in [6.45, 7) is 4.26. The molecule has 2 aliphatic carbocycles.